The molecule has 2 aromatic heterocycles. The highest BCUT2D eigenvalue weighted by atomic mass is 32.1. The highest BCUT2D eigenvalue weighted by Crippen LogP contribution is 2.47. The zero-order chi connectivity index (χ0) is 23.0. The molecule has 5 rings (SSSR count). The second-order valence-electron chi connectivity index (χ2n) is 8.58. The average Bonchev–Trinajstić information content (AvgIpc) is 3.47. The maximum Gasteiger partial charge on any atom is 0.412 e. The summed E-state index contributed by atoms with van der Waals surface area (Å²) in [5.74, 6) is 1.18. The second-order valence-corrected chi connectivity index (χ2v) is 9.61. The number of primary amides is 1. The van der Waals surface area contributed by atoms with Crippen molar-refractivity contribution in [1.82, 2.24) is 15.0 Å². The maximum atomic E-state index is 11.0. The van der Waals surface area contributed by atoms with Crippen molar-refractivity contribution >= 4 is 35.1 Å². The Bertz CT molecular complexity index is 1230. The molecule has 0 aliphatic heterocycles. The van der Waals surface area contributed by atoms with Gasteiger partial charge in [-0.05, 0) is 68.4 Å². The van der Waals surface area contributed by atoms with Gasteiger partial charge in [-0.15, -0.1) is 11.3 Å². The normalized spacial score (nSPS) is 17.3. The molecule has 0 spiro atoms. The van der Waals surface area contributed by atoms with Crippen molar-refractivity contribution in [3.63, 3.8) is 0 Å². The van der Waals surface area contributed by atoms with Crippen LogP contribution in [0, 0.1) is 6.92 Å². The first-order valence-corrected chi connectivity index (χ1v) is 11.7. The first-order chi connectivity index (χ1) is 15.9. The molecular weight excluding hydrogens is 438 g/mol. The summed E-state index contributed by atoms with van der Waals surface area (Å²) in [6.45, 7) is 2.05. The molecule has 5 N–H and O–H groups in total. The first kappa shape index (κ1) is 21.3. The van der Waals surface area contributed by atoms with E-state index in [0.717, 1.165) is 51.7 Å². The topological polar surface area (TPSA) is 141 Å². The molecule has 3 aromatic rings. The van der Waals surface area contributed by atoms with Gasteiger partial charge in [-0.2, -0.15) is 0 Å². The Kier molecular flexibility index (Phi) is 5.45. The summed E-state index contributed by atoms with van der Waals surface area (Å²) in [6.07, 6.45) is 7.66. The first-order valence-electron chi connectivity index (χ1n) is 10.9. The minimum Gasteiger partial charge on any atom is -0.376 e. The molecule has 1 aromatic carbocycles. The molecule has 10 heteroatoms. The van der Waals surface area contributed by atoms with Crippen LogP contribution in [0.3, 0.4) is 0 Å². The number of nitrogens with one attached hydrogen (secondary N) is 1. The van der Waals surface area contributed by atoms with Crippen LogP contribution < -0.4 is 16.8 Å². The van der Waals surface area contributed by atoms with Crippen molar-refractivity contribution in [3.05, 3.63) is 52.9 Å². The number of aliphatic imine (C=N–C) groups is 1. The Morgan fingerprint density at radius 1 is 1.24 bits per heavy atom. The summed E-state index contributed by atoms with van der Waals surface area (Å²) in [5, 5.41) is 4.19. The molecule has 0 radical (unpaired) electrons. The van der Waals surface area contributed by atoms with Crippen LogP contribution in [-0.2, 0) is 10.3 Å². The van der Waals surface area contributed by atoms with Gasteiger partial charge in [0.2, 0.25) is 5.95 Å². The molecule has 9 nitrogen and oxygen atoms in total. The Labute approximate surface area is 195 Å². The Hall–Kier alpha value is -3.53. The fourth-order valence-corrected chi connectivity index (χ4v) is 5.11. The SMILES string of the molecule is Cc1cc(Nc2nccc(C3CC3)n2)cc(-c2cnc(C3(N=C(N)OC(N)=O)CCC3)s2)c1. The van der Waals surface area contributed by atoms with Crippen LogP contribution in [0.4, 0.5) is 16.4 Å². The van der Waals surface area contributed by atoms with Crippen molar-refractivity contribution in [2.24, 2.45) is 16.5 Å². The largest absolute Gasteiger partial charge is 0.412 e. The predicted molar refractivity (Wildman–Crippen MR) is 127 cm³/mol. The third-order valence-electron chi connectivity index (χ3n) is 5.90. The van der Waals surface area contributed by atoms with Gasteiger partial charge in [0.15, 0.2) is 0 Å². The highest BCUT2D eigenvalue weighted by molar-refractivity contribution is 7.15. The van der Waals surface area contributed by atoms with E-state index >= 15 is 0 Å². The summed E-state index contributed by atoms with van der Waals surface area (Å²) in [7, 11) is 0. The smallest absolute Gasteiger partial charge is 0.376 e. The van der Waals surface area contributed by atoms with E-state index < -0.39 is 11.6 Å². The molecule has 2 aliphatic carbocycles. The van der Waals surface area contributed by atoms with Crippen LogP contribution in [0.25, 0.3) is 10.4 Å². The number of hydrogen-bond donors (Lipinski definition) is 3. The molecule has 170 valence electrons. The van der Waals surface area contributed by atoms with Crippen molar-refractivity contribution in [3.8, 4) is 10.4 Å². The van der Waals surface area contributed by atoms with E-state index in [1.807, 2.05) is 12.3 Å². The quantitative estimate of drug-likeness (QED) is 0.365. The van der Waals surface area contributed by atoms with Gasteiger partial charge in [-0.3, -0.25) is 0 Å². The lowest BCUT2D eigenvalue weighted by Crippen LogP contribution is -2.36. The predicted octanol–water partition coefficient (Wildman–Crippen LogP) is 4.32. The maximum absolute atomic E-state index is 11.0. The average molecular weight is 464 g/mol. The van der Waals surface area contributed by atoms with Crippen LogP contribution in [0.15, 0.2) is 41.7 Å². The zero-order valence-corrected chi connectivity index (χ0v) is 19.1. The van der Waals surface area contributed by atoms with E-state index in [2.05, 4.69) is 50.4 Å². The number of aryl methyl sites for hydroxylation is 1. The van der Waals surface area contributed by atoms with E-state index in [-0.39, 0.29) is 6.02 Å². The summed E-state index contributed by atoms with van der Waals surface area (Å²) in [5.41, 5.74) is 14.4. The number of thiazole rings is 1. The van der Waals surface area contributed by atoms with Gasteiger partial charge in [0.1, 0.15) is 10.5 Å². The number of rotatable bonds is 6. The van der Waals surface area contributed by atoms with E-state index in [4.69, 9.17) is 16.2 Å². The minimum absolute atomic E-state index is 0.227. The van der Waals surface area contributed by atoms with Gasteiger partial charge >= 0.3 is 6.09 Å². The van der Waals surface area contributed by atoms with Crippen LogP contribution in [0.1, 0.15) is 54.3 Å². The highest BCUT2D eigenvalue weighted by Gasteiger charge is 2.42. The number of carbonyl (C=O) groups excluding carboxylic acids is 1. The lowest BCUT2D eigenvalue weighted by molar-refractivity contribution is 0.202. The summed E-state index contributed by atoms with van der Waals surface area (Å²) >= 11 is 1.56. The number of anilines is 2. The number of amidine groups is 1. The monoisotopic (exact) mass is 463 g/mol. The fourth-order valence-electron chi connectivity index (χ4n) is 4.01. The summed E-state index contributed by atoms with van der Waals surface area (Å²) in [6, 6.07) is 8.01. The minimum atomic E-state index is -0.975. The molecule has 0 saturated heterocycles. The van der Waals surface area contributed by atoms with E-state index in [0.29, 0.717) is 11.9 Å². The molecular formula is C23H25N7O2S. The molecule has 2 aliphatic rings. The third kappa shape index (κ3) is 4.65. The second kappa shape index (κ2) is 8.43. The number of nitrogens with two attached hydrogens (primary N) is 2. The summed E-state index contributed by atoms with van der Waals surface area (Å²) in [4.78, 5) is 30.1. The molecule has 2 saturated carbocycles. The van der Waals surface area contributed by atoms with E-state index in [1.165, 1.54) is 12.8 Å². The van der Waals surface area contributed by atoms with E-state index in [1.54, 1.807) is 17.5 Å². The third-order valence-corrected chi connectivity index (χ3v) is 7.14. The number of nitrogens with zero attached hydrogens (tertiary/aromatic N) is 4. The molecule has 2 fully saturated rings. The zero-order valence-electron chi connectivity index (χ0n) is 18.2. The lowest BCUT2D eigenvalue weighted by atomic mass is 9.78. The van der Waals surface area contributed by atoms with Crippen LogP contribution in [0.2, 0.25) is 0 Å². The van der Waals surface area contributed by atoms with Gasteiger partial charge in [0.25, 0.3) is 6.02 Å². The van der Waals surface area contributed by atoms with Gasteiger partial charge in [0.05, 0.1) is 4.88 Å². The molecule has 0 atom stereocenters. The molecule has 2 heterocycles. The molecule has 33 heavy (non-hydrogen) atoms. The fraction of sp³-hybridized carbons (Fsp3) is 0.348. The number of benzene rings is 1. The van der Waals surface area contributed by atoms with Crippen molar-refractivity contribution in [2.45, 2.75) is 50.5 Å². The lowest BCUT2D eigenvalue weighted by Gasteiger charge is -2.36. The van der Waals surface area contributed by atoms with Crippen LogP contribution in [0.5, 0.6) is 0 Å². The van der Waals surface area contributed by atoms with E-state index in [9.17, 15) is 4.79 Å². The van der Waals surface area contributed by atoms with Crippen molar-refractivity contribution in [2.75, 3.05) is 5.32 Å². The van der Waals surface area contributed by atoms with Crippen LogP contribution in [-0.4, -0.2) is 27.1 Å². The molecule has 1 amide bonds. The van der Waals surface area contributed by atoms with Gasteiger partial charge < -0.3 is 21.5 Å². The molecule has 0 bridgehead atoms. The van der Waals surface area contributed by atoms with Crippen molar-refractivity contribution in [1.29, 1.82) is 0 Å². The Morgan fingerprint density at radius 3 is 2.76 bits per heavy atom. The standard InChI is InChI=1S/C23H25N7O2S/c1-13-9-15(11-16(10-13)28-22-26-8-5-17(29-22)14-3-4-14)18-12-27-19(33-18)23(6-2-7-23)30-20(24)32-21(25)31/h5,8-12,14H,2-4,6-7H2,1H3,(H2,24,30)(H2,25,31)(H,26,28,29). The summed E-state index contributed by atoms with van der Waals surface area (Å²) < 4.78 is 4.73. The van der Waals surface area contributed by atoms with Gasteiger partial charge in [-0.25, -0.2) is 24.7 Å². The Balaban J connectivity index is 1.40. The number of aromatic nitrogens is 3. The van der Waals surface area contributed by atoms with Crippen LogP contribution >= 0.6 is 11.3 Å². The number of amides is 1. The molecule has 0 unspecified atom stereocenters. The van der Waals surface area contributed by atoms with Gasteiger partial charge in [-0.1, -0.05) is 6.07 Å². The van der Waals surface area contributed by atoms with Gasteiger partial charge in [0, 0.05) is 29.7 Å². The number of carbonyl (C=O) groups is 1. The Morgan fingerprint density at radius 2 is 2.06 bits per heavy atom. The number of ether oxygens (including phenoxy) is 1. The number of hydrogen-bond acceptors (Lipinski definition) is 8. The van der Waals surface area contributed by atoms with Crippen molar-refractivity contribution < 1.29 is 9.53 Å².